The lowest BCUT2D eigenvalue weighted by molar-refractivity contribution is -0.0863. The summed E-state index contributed by atoms with van der Waals surface area (Å²) in [7, 11) is 3.93. The summed E-state index contributed by atoms with van der Waals surface area (Å²) in [5.41, 5.74) is 3.09. The van der Waals surface area contributed by atoms with Crippen molar-refractivity contribution in [3.8, 4) is 0 Å². The van der Waals surface area contributed by atoms with Crippen molar-refractivity contribution in [2.75, 3.05) is 14.2 Å². The third kappa shape index (κ3) is 2.91. The summed E-state index contributed by atoms with van der Waals surface area (Å²) in [5.74, 6) is 0. The fourth-order valence-electron chi connectivity index (χ4n) is 3.57. The van der Waals surface area contributed by atoms with Crippen LogP contribution in [0.1, 0.15) is 56.7 Å². The molecule has 112 valence electrons. The molecular weight excluding hydrogens is 246 g/mol. The highest BCUT2D eigenvalue weighted by atomic mass is 16.5. The van der Waals surface area contributed by atoms with E-state index in [-0.39, 0.29) is 11.6 Å². The summed E-state index contributed by atoms with van der Waals surface area (Å²) in [6.45, 7) is 6.93. The Morgan fingerprint density at radius 1 is 1.10 bits per heavy atom. The molecule has 1 unspecified atom stereocenters. The molecule has 1 atom stereocenters. The van der Waals surface area contributed by atoms with Crippen molar-refractivity contribution in [3.63, 3.8) is 0 Å². The average molecular weight is 275 g/mol. The molecule has 0 bridgehead atoms. The highest BCUT2D eigenvalue weighted by molar-refractivity contribution is 5.31. The van der Waals surface area contributed by atoms with Crippen LogP contribution in [0.4, 0.5) is 0 Å². The molecule has 1 aromatic carbocycles. The first kappa shape index (κ1) is 15.5. The van der Waals surface area contributed by atoms with Gasteiger partial charge in [0.2, 0.25) is 0 Å². The molecule has 1 aliphatic carbocycles. The van der Waals surface area contributed by atoms with Gasteiger partial charge in [0.05, 0.1) is 11.6 Å². The van der Waals surface area contributed by atoms with Gasteiger partial charge < -0.3 is 10.1 Å². The lowest BCUT2D eigenvalue weighted by atomic mass is 9.67. The molecule has 1 aromatic rings. The van der Waals surface area contributed by atoms with Crippen LogP contribution in [0, 0.1) is 12.3 Å². The highest BCUT2D eigenvalue weighted by Gasteiger charge is 2.44. The maximum atomic E-state index is 6.07. The van der Waals surface area contributed by atoms with Crippen LogP contribution in [0.25, 0.3) is 0 Å². The summed E-state index contributed by atoms with van der Waals surface area (Å²) < 4.78 is 6.07. The molecule has 1 N–H and O–H groups in total. The van der Waals surface area contributed by atoms with Crippen molar-refractivity contribution < 1.29 is 4.74 Å². The van der Waals surface area contributed by atoms with Gasteiger partial charge in [-0.25, -0.2) is 0 Å². The Morgan fingerprint density at radius 3 is 2.20 bits per heavy atom. The lowest BCUT2D eigenvalue weighted by Gasteiger charge is -2.47. The predicted molar refractivity (Wildman–Crippen MR) is 85.0 cm³/mol. The van der Waals surface area contributed by atoms with E-state index in [0.29, 0.717) is 5.41 Å². The van der Waals surface area contributed by atoms with Gasteiger partial charge in [0, 0.05) is 7.11 Å². The molecule has 20 heavy (non-hydrogen) atoms. The molecule has 2 rings (SSSR count). The largest absolute Gasteiger partial charge is 0.376 e. The van der Waals surface area contributed by atoms with Gasteiger partial charge in [-0.2, -0.15) is 0 Å². The van der Waals surface area contributed by atoms with Gasteiger partial charge in [0.25, 0.3) is 0 Å². The zero-order valence-electron chi connectivity index (χ0n) is 13.6. The van der Waals surface area contributed by atoms with Gasteiger partial charge in [-0.1, -0.05) is 38.1 Å². The SMILES string of the molecule is CNC(c1ccccc1C)C1(OC)CCC(C)(C)CC1. The first-order valence-corrected chi connectivity index (χ1v) is 7.72. The van der Waals surface area contributed by atoms with Crippen LogP contribution in [0.2, 0.25) is 0 Å². The molecule has 0 aromatic heterocycles. The molecule has 1 saturated carbocycles. The van der Waals surface area contributed by atoms with Gasteiger partial charge >= 0.3 is 0 Å². The molecule has 2 nitrogen and oxygen atoms in total. The monoisotopic (exact) mass is 275 g/mol. The van der Waals surface area contributed by atoms with Crippen molar-refractivity contribution in [2.24, 2.45) is 5.41 Å². The van der Waals surface area contributed by atoms with Gasteiger partial charge in [-0.3, -0.25) is 0 Å². The molecule has 0 radical (unpaired) electrons. The normalized spacial score (nSPS) is 22.4. The second-order valence-electron chi connectivity index (χ2n) is 7.01. The van der Waals surface area contributed by atoms with Crippen LogP contribution in [0.15, 0.2) is 24.3 Å². The number of hydrogen-bond donors (Lipinski definition) is 1. The third-order valence-electron chi connectivity index (χ3n) is 5.17. The first-order valence-electron chi connectivity index (χ1n) is 7.72. The highest BCUT2D eigenvalue weighted by Crippen LogP contribution is 2.47. The van der Waals surface area contributed by atoms with E-state index >= 15 is 0 Å². The maximum Gasteiger partial charge on any atom is 0.0872 e. The number of benzene rings is 1. The minimum Gasteiger partial charge on any atom is -0.376 e. The van der Waals surface area contributed by atoms with E-state index in [0.717, 1.165) is 12.8 Å². The number of aryl methyl sites for hydroxylation is 1. The zero-order chi connectivity index (χ0) is 14.8. The summed E-state index contributed by atoms with van der Waals surface area (Å²) in [6.07, 6.45) is 4.70. The molecule has 0 spiro atoms. The third-order valence-corrected chi connectivity index (χ3v) is 5.17. The predicted octanol–water partition coefficient (Wildman–Crippen LogP) is 4.24. The van der Waals surface area contributed by atoms with E-state index in [2.05, 4.69) is 57.4 Å². The van der Waals surface area contributed by atoms with Gasteiger partial charge in [0.15, 0.2) is 0 Å². The minimum absolute atomic E-state index is 0.0730. The van der Waals surface area contributed by atoms with Crippen LogP contribution in [0.3, 0.4) is 0 Å². The van der Waals surface area contributed by atoms with Crippen LogP contribution in [-0.4, -0.2) is 19.8 Å². The number of ether oxygens (including phenoxy) is 1. The Balaban J connectivity index is 2.32. The van der Waals surface area contributed by atoms with E-state index < -0.39 is 0 Å². The molecule has 1 fully saturated rings. The Kier molecular flexibility index (Phi) is 4.55. The van der Waals surface area contributed by atoms with E-state index in [1.807, 2.05) is 7.11 Å². The number of nitrogens with one attached hydrogen (secondary N) is 1. The average Bonchev–Trinajstić information content (AvgIpc) is 2.44. The van der Waals surface area contributed by atoms with Crippen molar-refractivity contribution >= 4 is 0 Å². The van der Waals surface area contributed by atoms with Crippen molar-refractivity contribution in [1.29, 1.82) is 0 Å². The van der Waals surface area contributed by atoms with Crippen molar-refractivity contribution in [1.82, 2.24) is 5.32 Å². The zero-order valence-corrected chi connectivity index (χ0v) is 13.6. The Hall–Kier alpha value is -0.860. The molecular formula is C18H29NO. The van der Waals surface area contributed by atoms with Gasteiger partial charge in [0.1, 0.15) is 0 Å². The van der Waals surface area contributed by atoms with Gasteiger partial charge in [-0.15, -0.1) is 0 Å². The van der Waals surface area contributed by atoms with Crippen LogP contribution in [0.5, 0.6) is 0 Å². The summed E-state index contributed by atoms with van der Waals surface area (Å²) in [4.78, 5) is 0. The Morgan fingerprint density at radius 2 is 1.70 bits per heavy atom. The van der Waals surface area contributed by atoms with Crippen molar-refractivity contribution in [2.45, 2.75) is 58.1 Å². The van der Waals surface area contributed by atoms with Crippen LogP contribution < -0.4 is 5.32 Å². The van der Waals surface area contributed by atoms with E-state index in [1.165, 1.54) is 24.0 Å². The summed E-state index contributed by atoms with van der Waals surface area (Å²) in [5, 5.41) is 3.52. The second kappa shape index (κ2) is 5.87. The first-order chi connectivity index (χ1) is 9.44. The van der Waals surface area contributed by atoms with Crippen molar-refractivity contribution in [3.05, 3.63) is 35.4 Å². The van der Waals surface area contributed by atoms with E-state index in [1.54, 1.807) is 0 Å². The standard InChI is InChI=1S/C18H29NO/c1-14-8-6-7-9-15(14)16(19-4)18(20-5)12-10-17(2,3)11-13-18/h6-9,16,19H,10-13H2,1-5H3. The van der Waals surface area contributed by atoms with Crippen LogP contribution in [-0.2, 0) is 4.74 Å². The molecule has 2 heteroatoms. The number of likely N-dealkylation sites (N-methyl/N-ethyl adjacent to an activating group) is 1. The van der Waals surface area contributed by atoms with E-state index in [4.69, 9.17) is 4.74 Å². The Bertz CT molecular complexity index is 442. The van der Waals surface area contributed by atoms with Crippen LogP contribution >= 0.6 is 0 Å². The second-order valence-corrected chi connectivity index (χ2v) is 7.01. The number of rotatable bonds is 4. The lowest BCUT2D eigenvalue weighted by Crippen LogP contribution is -2.48. The quantitative estimate of drug-likeness (QED) is 0.887. The summed E-state index contributed by atoms with van der Waals surface area (Å²) >= 11 is 0. The van der Waals surface area contributed by atoms with Gasteiger partial charge in [-0.05, 0) is 56.2 Å². The number of methoxy groups -OCH3 is 1. The smallest absolute Gasteiger partial charge is 0.0872 e. The minimum atomic E-state index is -0.0730. The fraction of sp³-hybridized carbons (Fsp3) is 0.667. The fourth-order valence-corrected chi connectivity index (χ4v) is 3.57. The number of hydrogen-bond acceptors (Lipinski definition) is 2. The maximum absolute atomic E-state index is 6.07. The Labute approximate surface area is 123 Å². The molecule has 0 aliphatic heterocycles. The van der Waals surface area contributed by atoms with E-state index in [9.17, 15) is 0 Å². The molecule has 0 amide bonds. The topological polar surface area (TPSA) is 21.3 Å². The molecule has 0 heterocycles. The molecule has 1 aliphatic rings. The molecule has 0 saturated heterocycles. The summed E-state index contributed by atoms with van der Waals surface area (Å²) in [6, 6.07) is 8.93.